The van der Waals surface area contributed by atoms with Gasteiger partial charge in [0.25, 0.3) is 11.6 Å². The average molecular weight is 368 g/mol. The van der Waals surface area contributed by atoms with Crippen molar-refractivity contribution in [1.29, 1.82) is 0 Å². The molecule has 7 nitrogen and oxygen atoms in total. The van der Waals surface area contributed by atoms with Crippen LogP contribution in [0.3, 0.4) is 0 Å². The van der Waals surface area contributed by atoms with E-state index in [1.165, 1.54) is 23.1 Å². The zero-order valence-electron chi connectivity index (χ0n) is 12.2. The summed E-state index contributed by atoms with van der Waals surface area (Å²) < 4.78 is 5.61. The normalized spacial score (nSPS) is 14.2. The number of hydrogen-bond acceptors (Lipinski definition) is 5. The molecular formula is C15H11Cl2N3O4. The summed E-state index contributed by atoms with van der Waals surface area (Å²) in [7, 11) is 0. The van der Waals surface area contributed by atoms with Gasteiger partial charge in [0.1, 0.15) is 16.1 Å². The molecule has 1 saturated heterocycles. The third-order valence-electron chi connectivity index (χ3n) is 3.53. The van der Waals surface area contributed by atoms with Crippen LogP contribution in [0.15, 0.2) is 36.5 Å². The second-order valence-corrected chi connectivity index (χ2v) is 5.98. The Morgan fingerprint density at radius 1 is 1.29 bits per heavy atom. The Kier molecular flexibility index (Phi) is 4.55. The van der Waals surface area contributed by atoms with Crippen LogP contribution in [0.5, 0.6) is 5.88 Å². The van der Waals surface area contributed by atoms with E-state index in [1.807, 2.05) is 0 Å². The molecule has 0 atom stereocenters. The lowest BCUT2D eigenvalue weighted by Gasteiger charge is -2.38. The number of pyridine rings is 1. The molecule has 9 heteroatoms. The molecule has 1 amide bonds. The molecule has 0 radical (unpaired) electrons. The first-order chi connectivity index (χ1) is 11.5. The number of likely N-dealkylation sites (tertiary alicyclic amines) is 1. The Bertz CT molecular complexity index is 809. The van der Waals surface area contributed by atoms with Crippen LogP contribution in [-0.2, 0) is 0 Å². The van der Waals surface area contributed by atoms with Gasteiger partial charge in [0.2, 0.25) is 5.88 Å². The topological polar surface area (TPSA) is 85.6 Å². The van der Waals surface area contributed by atoms with Gasteiger partial charge in [-0.3, -0.25) is 14.9 Å². The average Bonchev–Trinajstić information content (AvgIpc) is 2.51. The predicted molar refractivity (Wildman–Crippen MR) is 87.7 cm³/mol. The summed E-state index contributed by atoms with van der Waals surface area (Å²) >= 11 is 11.7. The fourth-order valence-corrected chi connectivity index (χ4v) is 2.62. The number of rotatable bonds is 4. The molecule has 1 aromatic carbocycles. The Morgan fingerprint density at radius 3 is 2.71 bits per heavy atom. The number of hydrogen-bond donors (Lipinski definition) is 0. The molecule has 0 unspecified atom stereocenters. The molecule has 2 aromatic rings. The van der Waals surface area contributed by atoms with Crippen LogP contribution in [-0.4, -0.2) is 39.9 Å². The number of aromatic nitrogens is 1. The summed E-state index contributed by atoms with van der Waals surface area (Å²) in [5.41, 5.74) is -0.0865. The third kappa shape index (κ3) is 3.27. The van der Waals surface area contributed by atoms with Gasteiger partial charge in [-0.2, -0.15) is 0 Å². The number of carbonyl (C=O) groups is 1. The molecule has 0 saturated carbocycles. The van der Waals surface area contributed by atoms with Crippen molar-refractivity contribution in [3.63, 3.8) is 0 Å². The monoisotopic (exact) mass is 367 g/mol. The molecule has 2 heterocycles. The predicted octanol–water partition coefficient (Wildman–Crippen LogP) is 3.20. The van der Waals surface area contributed by atoms with Gasteiger partial charge in [0.15, 0.2) is 0 Å². The first-order valence-electron chi connectivity index (χ1n) is 6.96. The SMILES string of the molecule is O=C(c1ccc(Cl)c([N+](=O)[O-])c1)N1CC(Oc2ncccc2Cl)C1. The van der Waals surface area contributed by atoms with E-state index in [9.17, 15) is 14.9 Å². The van der Waals surface area contributed by atoms with E-state index in [2.05, 4.69) is 4.98 Å². The van der Waals surface area contributed by atoms with E-state index in [4.69, 9.17) is 27.9 Å². The van der Waals surface area contributed by atoms with Crippen LogP contribution >= 0.6 is 23.2 Å². The van der Waals surface area contributed by atoms with Gasteiger partial charge >= 0.3 is 0 Å². The van der Waals surface area contributed by atoms with Gasteiger partial charge < -0.3 is 9.64 Å². The number of halogens is 2. The molecule has 24 heavy (non-hydrogen) atoms. The van der Waals surface area contributed by atoms with Gasteiger partial charge in [0.05, 0.1) is 18.0 Å². The lowest BCUT2D eigenvalue weighted by molar-refractivity contribution is -0.384. The third-order valence-corrected chi connectivity index (χ3v) is 4.14. The highest BCUT2D eigenvalue weighted by molar-refractivity contribution is 6.32. The number of ether oxygens (including phenoxy) is 1. The van der Waals surface area contributed by atoms with Crippen molar-refractivity contribution in [2.75, 3.05) is 13.1 Å². The number of nitrogens with zero attached hydrogens (tertiary/aromatic N) is 3. The Morgan fingerprint density at radius 2 is 2.04 bits per heavy atom. The minimum atomic E-state index is -0.621. The highest BCUT2D eigenvalue weighted by Crippen LogP contribution is 2.28. The van der Waals surface area contributed by atoms with Crippen molar-refractivity contribution < 1.29 is 14.5 Å². The fourth-order valence-electron chi connectivity index (χ4n) is 2.26. The lowest BCUT2D eigenvalue weighted by Crippen LogP contribution is -2.56. The Hall–Kier alpha value is -2.38. The zero-order valence-corrected chi connectivity index (χ0v) is 13.7. The number of amides is 1. The van der Waals surface area contributed by atoms with Crippen molar-refractivity contribution in [3.05, 3.63) is 62.3 Å². The standard InChI is InChI=1S/C15H11Cl2N3O4/c16-11-4-3-9(6-13(11)20(22)23)15(21)19-7-10(8-19)24-14-12(17)2-1-5-18-14/h1-6,10H,7-8H2. The van der Waals surface area contributed by atoms with Crippen molar-refractivity contribution in [3.8, 4) is 5.88 Å². The zero-order chi connectivity index (χ0) is 17.3. The highest BCUT2D eigenvalue weighted by atomic mass is 35.5. The molecule has 1 fully saturated rings. The van der Waals surface area contributed by atoms with Crippen LogP contribution < -0.4 is 4.74 Å². The Balaban J connectivity index is 1.64. The van der Waals surface area contributed by atoms with Gasteiger partial charge in [-0.15, -0.1) is 0 Å². The lowest BCUT2D eigenvalue weighted by atomic mass is 10.1. The smallest absolute Gasteiger partial charge is 0.288 e. The summed E-state index contributed by atoms with van der Waals surface area (Å²) in [6.07, 6.45) is 1.35. The van der Waals surface area contributed by atoms with E-state index < -0.39 is 4.92 Å². The van der Waals surface area contributed by atoms with Crippen LogP contribution in [0, 0.1) is 10.1 Å². The van der Waals surface area contributed by atoms with E-state index in [0.717, 1.165) is 0 Å². The molecule has 1 aliphatic rings. The molecule has 0 N–H and O–H groups in total. The molecule has 1 aromatic heterocycles. The minimum absolute atomic E-state index is 0.00818. The number of benzene rings is 1. The largest absolute Gasteiger partial charge is 0.470 e. The maximum Gasteiger partial charge on any atom is 0.288 e. The van der Waals surface area contributed by atoms with E-state index >= 15 is 0 Å². The molecule has 0 aliphatic carbocycles. The first-order valence-corrected chi connectivity index (χ1v) is 7.71. The van der Waals surface area contributed by atoms with Gasteiger partial charge in [-0.1, -0.05) is 23.2 Å². The summed E-state index contributed by atoms with van der Waals surface area (Å²) in [6, 6.07) is 7.34. The fraction of sp³-hybridized carbons (Fsp3) is 0.200. The minimum Gasteiger partial charge on any atom is -0.470 e. The van der Waals surface area contributed by atoms with Crippen LogP contribution in [0.2, 0.25) is 10.0 Å². The maximum atomic E-state index is 12.3. The molecular weight excluding hydrogens is 357 g/mol. The molecule has 124 valence electrons. The first kappa shape index (κ1) is 16.5. The number of nitro groups is 1. The quantitative estimate of drug-likeness (QED) is 0.611. The summed E-state index contributed by atoms with van der Waals surface area (Å²) in [4.78, 5) is 28.2. The van der Waals surface area contributed by atoms with Crippen molar-refractivity contribution >= 4 is 34.8 Å². The van der Waals surface area contributed by atoms with Crippen molar-refractivity contribution in [1.82, 2.24) is 9.88 Å². The van der Waals surface area contributed by atoms with E-state index in [0.29, 0.717) is 24.0 Å². The Labute approximate surface area is 146 Å². The summed E-state index contributed by atoms with van der Waals surface area (Å²) in [6.45, 7) is 0.699. The second-order valence-electron chi connectivity index (χ2n) is 5.16. The van der Waals surface area contributed by atoms with Crippen LogP contribution in [0.4, 0.5) is 5.69 Å². The summed E-state index contributed by atoms with van der Waals surface area (Å²) in [5, 5.41) is 11.3. The molecule has 0 bridgehead atoms. The van der Waals surface area contributed by atoms with Crippen LogP contribution in [0.25, 0.3) is 0 Å². The summed E-state index contributed by atoms with van der Waals surface area (Å²) in [5.74, 6) is 0.000121. The van der Waals surface area contributed by atoms with Crippen LogP contribution in [0.1, 0.15) is 10.4 Å². The number of nitro benzene ring substituents is 1. The number of carbonyl (C=O) groups excluding carboxylic acids is 1. The molecule has 3 rings (SSSR count). The van der Waals surface area contributed by atoms with Crippen molar-refractivity contribution in [2.24, 2.45) is 0 Å². The van der Waals surface area contributed by atoms with E-state index in [-0.39, 0.29) is 28.3 Å². The van der Waals surface area contributed by atoms with Gasteiger partial charge in [0, 0.05) is 17.8 Å². The van der Waals surface area contributed by atoms with Crippen molar-refractivity contribution in [2.45, 2.75) is 6.10 Å². The van der Waals surface area contributed by atoms with Gasteiger partial charge in [-0.05, 0) is 24.3 Å². The molecule has 1 aliphatic heterocycles. The maximum absolute atomic E-state index is 12.3. The molecule has 0 spiro atoms. The highest BCUT2D eigenvalue weighted by Gasteiger charge is 2.34. The van der Waals surface area contributed by atoms with Gasteiger partial charge in [-0.25, -0.2) is 4.98 Å². The second kappa shape index (κ2) is 6.62. The van der Waals surface area contributed by atoms with E-state index in [1.54, 1.807) is 18.3 Å².